The molecule has 0 spiro atoms. The van der Waals surface area contributed by atoms with Gasteiger partial charge in [-0.2, -0.15) is 0 Å². The molecule has 1 aromatic carbocycles. The van der Waals surface area contributed by atoms with Gasteiger partial charge in [0.2, 0.25) is 0 Å². The van der Waals surface area contributed by atoms with Gasteiger partial charge >= 0.3 is 0 Å². The Labute approximate surface area is 111 Å². The largest absolute Gasteiger partial charge is 0.496 e. The Balaban J connectivity index is 2.97. The molecule has 102 valence electrons. The monoisotopic (exact) mass is 250 g/mol. The minimum Gasteiger partial charge on any atom is -0.496 e. The minimum absolute atomic E-state index is 0.0656. The fourth-order valence-corrected chi connectivity index (χ4v) is 1.95. The summed E-state index contributed by atoms with van der Waals surface area (Å²) in [5, 5.41) is 9.78. The third kappa shape index (κ3) is 4.34. The first-order chi connectivity index (χ1) is 8.13. The van der Waals surface area contributed by atoms with Gasteiger partial charge in [-0.15, -0.1) is 0 Å². The smallest absolute Gasteiger partial charge is 0.122 e. The first-order valence-corrected chi connectivity index (χ1v) is 6.53. The van der Waals surface area contributed by atoms with Crippen LogP contribution in [0.2, 0.25) is 0 Å². The lowest BCUT2D eigenvalue weighted by Crippen LogP contribution is -2.19. The highest BCUT2D eigenvalue weighted by Gasteiger charge is 2.20. The van der Waals surface area contributed by atoms with Gasteiger partial charge in [0.15, 0.2) is 0 Å². The Morgan fingerprint density at radius 2 is 1.72 bits per heavy atom. The van der Waals surface area contributed by atoms with Crippen LogP contribution in [0.25, 0.3) is 0 Å². The molecule has 0 aromatic heterocycles. The number of benzene rings is 1. The predicted molar refractivity (Wildman–Crippen MR) is 76.3 cm³/mol. The van der Waals surface area contributed by atoms with Crippen molar-refractivity contribution in [3.8, 4) is 5.75 Å². The molecule has 0 unspecified atom stereocenters. The highest BCUT2D eigenvalue weighted by molar-refractivity contribution is 5.41. The molecular formula is C16H26O2. The SMILES string of the molecule is COc1ccc(CCC(C)(C)O)cc1C(C)(C)C. The van der Waals surface area contributed by atoms with Crippen LogP contribution < -0.4 is 4.74 Å². The molecule has 0 atom stereocenters. The van der Waals surface area contributed by atoms with Gasteiger partial charge in [-0.25, -0.2) is 0 Å². The molecule has 0 bridgehead atoms. The highest BCUT2D eigenvalue weighted by atomic mass is 16.5. The fraction of sp³-hybridized carbons (Fsp3) is 0.625. The van der Waals surface area contributed by atoms with Crippen LogP contribution in [0.15, 0.2) is 18.2 Å². The van der Waals surface area contributed by atoms with E-state index in [0.717, 1.165) is 18.6 Å². The third-order valence-electron chi connectivity index (χ3n) is 3.10. The van der Waals surface area contributed by atoms with Crippen LogP contribution in [-0.2, 0) is 11.8 Å². The van der Waals surface area contributed by atoms with Crippen LogP contribution in [0.3, 0.4) is 0 Å². The van der Waals surface area contributed by atoms with Crippen LogP contribution in [0.5, 0.6) is 5.75 Å². The fourth-order valence-electron chi connectivity index (χ4n) is 1.95. The molecule has 18 heavy (non-hydrogen) atoms. The second kappa shape index (κ2) is 5.31. The van der Waals surface area contributed by atoms with Crippen molar-refractivity contribution in [2.45, 2.75) is 58.5 Å². The van der Waals surface area contributed by atoms with Crippen LogP contribution in [0, 0.1) is 0 Å². The van der Waals surface area contributed by atoms with Crippen molar-refractivity contribution in [2.24, 2.45) is 0 Å². The van der Waals surface area contributed by atoms with E-state index in [9.17, 15) is 5.11 Å². The van der Waals surface area contributed by atoms with Crippen LogP contribution in [0.4, 0.5) is 0 Å². The van der Waals surface area contributed by atoms with Gasteiger partial charge in [0.25, 0.3) is 0 Å². The van der Waals surface area contributed by atoms with E-state index in [1.807, 2.05) is 19.9 Å². The van der Waals surface area contributed by atoms with Crippen molar-refractivity contribution in [3.05, 3.63) is 29.3 Å². The Bertz CT molecular complexity index is 395. The number of aryl methyl sites for hydroxylation is 1. The number of ether oxygens (including phenoxy) is 1. The quantitative estimate of drug-likeness (QED) is 0.883. The summed E-state index contributed by atoms with van der Waals surface area (Å²) in [6.07, 6.45) is 1.65. The van der Waals surface area contributed by atoms with E-state index in [1.54, 1.807) is 7.11 Å². The summed E-state index contributed by atoms with van der Waals surface area (Å²) in [5.41, 5.74) is 1.93. The van der Waals surface area contributed by atoms with E-state index in [-0.39, 0.29) is 5.41 Å². The summed E-state index contributed by atoms with van der Waals surface area (Å²) in [7, 11) is 1.71. The average molecular weight is 250 g/mol. The van der Waals surface area contributed by atoms with Crippen molar-refractivity contribution >= 4 is 0 Å². The molecule has 0 heterocycles. The lowest BCUT2D eigenvalue weighted by atomic mass is 9.84. The van der Waals surface area contributed by atoms with Gasteiger partial charge in [0.05, 0.1) is 12.7 Å². The van der Waals surface area contributed by atoms with Crippen LogP contribution in [-0.4, -0.2) is 17.8 Å². The summed E-state index contributed by atoms with van der Waals surface area (Å²) in [6.45, 7) is 10.3. The molecule has 0 amide bonds. The Hall–Kier alpha value is -1.02. The molecule has 2 nitrogen and oxygen atoms in total. The summed E-state index contributed by atoms with van der Waals surface area (Å²) >= 11 is 0. The van der Waals surface area contributed by atoms with Crippen LogP contribution in [0.1, 0.15) is 52.2 Å². The molecule has 2 heteroatoms. The Morgan fingerprint density at radius 3 is 2.17 bits per heavy atom. The third-order valence-corrected chi connectivity index (χ3v) is 3.10. The van der Waals surface area contributed by atoms with Crippen molar-refractivity contribution in [1.82, 2.24) is 0 Å². The lowest BCUT2D eigenvalue weighted by Gasteiger charge is -2.23. The van der Waals surface area contributed by atoms with Gasteiger partial charge < -0.3 is 9.84 Å². The topological polar surface area (TPSA) is 29.5 Å². The maximum Gasteiger partial charge on any atom is 0.122 e. The zero-order valence-corrected chi connectivity index (χ0v) is 12.5. The number of rotatable bonds is 4. The van der Waals surface area contributed by atoms with Crippen molar-refractivity contribution in [1.29, 1.82) is 0 Å². The molecule has 0 aliphatic carbocycles. The molecule has 1 aromatic rings. The zero-order valence-electron chi connectivity index (χ0n) is 12.5. The molecule has 0 radical (unpaired) electrons. The molecule has 0 aliphatic rings. The molecule has 0 fully saturated rings. The summed E-state index contributed by atoms with van der Waals surface area (Å²) in [5.74, 6) is 0.939. The standard InChI is InChI=1S/C16H26O2/c1-15(2,3)13-11-12(7-8-14(13)18-6)9-10-16(4,5)17/h7-8,11,17H,9-10H2,1-6H3. The number of hydrogen-bond acceptors (Lipinski definition) is 2. The first kappa shape index (κ1) is 15.0. The number of aliphatic hydroxyl groups is 1. The summed E-state index contributed by atoms with van der Waals surface area (Å²) in [6, 6.07) is 6.31. The Morgan fingerprint density at radius 1 is 1.11 bits per heavy atom. The second-order valence-electron chi connectivity index (χ2n) is 6.60. The van der Waals surface area contributed by atoms with Crippen molar-refractivity contribution in [3.63, 3.8) is 0 Å². The lowest BCUT2D eigenvalue weighted by molar-refractivity contribution is 0.0714. The first-order valence-electron chi connectivity index (χ1n) is 6.53. The van der Waals surface area contributed by atoms with Gasteiger partial charge in [0, 0.05) is 0 Å². The van der Waals surface area contributed by atoms with Gasteiger partial charge in [-0.05, 0) is 49.3 Å². The van der Waals surface area contributed by atoms with E-state index < -0.39 is 5.60 Å². The number of methoxy groups -OCH3 is 1. The average Bonchev–Trinajstić information content (AvgIpc) is 2.24. The van der Waals surface area contributed by atoms with E-state index in [1.165, 1.54) is 11.1 Å². The molecule has 0 aliphatic heterocycles. The van der Waals surface area contributed by atoms with Gasteiger partial charge in [-0.3, -0.25) is 0 Å². The van der Waals surface area contributed by atoms with Gasteiger partial charge in [-0.1, -0.05) is 32.9 Å². The minimum atomic E-state index is -0.609. The Kier molecular flexibility index (Phi) is 4.44. The normalized spacial score (nSPS) is 12.6. The van der Waals surface area contributed by atoms with E-state index >= 15 is 0 Å². The maximum absolute atomic E-state index is 9.78. The summed E-state index contributed by atoms with van der Waals surface area (Å²) in [4.78, 5) is 0. The molecular weight excluding hydrogens is 224 g/mol. The van der Waals surface area contributed by atoms with Gasteiger partial charge in [0.1, 0.15) is 5.75 Å². The molecule has 1 rings (SSSR count). The summed E-state index contributed by atoms with van der Waals surface area (Å²) < 4.78 is 5.42. The molecule has 0 saturated carbocycles. The predicted octanol–water partition coefficient (Wildman–Crippen LogP) is 3.70. The second-order valence-corrected chi connectivity index (χ2v) is 6.60. The van der Waals surface area contributed by atoms with E-state index in [4.69, 9.17) is 4.74 Å². The molecule has 0 saturated heterocycles. The maximum atomic E-state index is 9.78. The highest BCUT2D eigenvalue weighted by Crippen LogP contribution is 2.32. The zero-order chi connectivity index (χ0) is 14.0. The van der Waals surface area contributed by atoms with Crippen LogP contribution >= 0.6 is 0 Å². The number of hydrogen-bond donors (Lipinski definition) is 1. The molecule has 1 N–H and O–H groups in total. The van der Waals surface area contributed by atoms with E-state index in [0.29, 0.717) is 0 Å². The van der Waals surface area contributed by atoms with Crippen molar-refractivity contribution < 1.29 is 9.84 Å². The van der Waals surface area contributed by atoms with E-state index in [2.05, 4.69) is 32.9 Å². The van der Waals surface area contributed by atoms with Crippen molar-refractivity contribution in [2.75, 3.05) is 7.11 Å².